The number of carboxylic acid groups (broad SMARTS) is 1. The van der Waals surface area contributed by atoms with Crippen molar-refractivity contribution in [2.45, 2.75) is 87.2 Å². The van der Waals surface area contributed by atoms with E-state index >= 15 is 0 Å². The number of hydrogen-bond acceptors (Lipinski definition) is 17. The summed E-state index contributed by atoms with van der Waals surface area (Å²) in [6.07, 6.45) is 6.73. The smallest absolute Gasteiger partial charge is 0.336 e. The van der Waals surface area contributed by atoms with E-state index in [-0.39, 0.29) is 90.5 Å². The molecule has 0 aliphatic carbocycles. The summed E-state index contributed by atoms with van der Waals surface area (Å²) in [4.78, 5) is 39.3. The third kappa shape index (κ3) is 14.2. The number of anilines is 3. The van der Waals surface area contributed by atoms with Crippen LogP contribution in [0.4, 0.5) is 51.2 Å². The molecule has 3 heterocycles. The van der Waals surface area contributed by atoms with Crippen LogP contribution in [-0.4, -0.2) is 91.7 Å². The summed E-state index contributed by atoms with van der Waals surface area (Å²) in [6.45, 7) is 28.4. The van der Waals surface area contributed by atoms with Crippen LogP contribution in [0, 0.1) is 20.2 Å². The summed E-state index contributed by atoms with van der Waals surface area (Å²) in [7, 11) is 0. The quantitative estimate of drug-likeness (QED) is 0.0260. The number of aromatic hydroxyl groups is 4. The van der Waals surface area contributed by atoms with E-state index < -0.39 is 15.8 Å². The first-order chi connectivity index (χ1) is 41.9. The molecular formula is C67H73CoN10O11+. The number of nitrogens with zero attached hydrogens (tertiary/aromatic N) is 10. The fourth-order valence-electron chi connectivity index (χ4n) is 11.3. The first-order valence-corrected chi connectivity index (χ1v) is 29.0. The molecule has 89 heavy (non-hydrogen) atoms. The Bertz CT molecular complexity index is 4000. The zero-order valence-corrected chi connectivity index (χ0v) is 52.6. The van der Waals surface area contributed by atoms with Gasteiger partial charge in [0, 0.05) is 150 Å². The van der Waals surface area contributed by atoms with Gasteiger partial charge in [0.15, 0.2) is 5.54 Å². The van der Waals surface area contributed by atoms with E-state index in [4.69, 9.17) is 4.74 Å². The van der Waals surface area contributed by atoms with Gasteiger partial charge in [-0.25, -0.2) is 9.37 Å². The van der Waals surface area contributed by atoms with E-state index in [0.29, 0.717) is 5.56 Å². The third-order valence-electron chi connectivity index (χ3n) is 15.7. The minimum atomic E-state index is -0.942. The maximum Gasteiger partial charge on any atom is 0.336 e. The molecule has 0 unspecified atom stereocenters. The predicted octanol–water partition coefficient (Wildman–Crippen LogP) is 14.6. The Kier molecular flexibility index (Phi) is 20.8. The maximum atomic E-state index is 12.4. The molecule has 0 fully saturated rings. The van der Waals surface area contributed by atoms with Crippen molar-refractivity contribution in [3.63, 3.8) is 0 Å². The summed E-state index contributed by atoms with van der Waals surface area (Å²) < 4.78 is 9.14. The van der Waals surface area contributed by atoms with Crippen molar-refractivity contribution in [2.24, 2.45) is 20.5 Å². The molecule has 7 aromatic carbocycles. The molecule has 21 nitrogen and oxygen atoms in total. The molecular weight excluding hydrogens is 1180 g/mol. The second-order valence-electron chi connectivity index (χ2n) is 22.0. The monoisotopic (exact) mass is 1250 g/mol. The molecule has 5 N–H and O–H groups in total. The minimum absolute atomic E-state index is 0. The standard InChI is InChI=1S/C35H36N2O3.2C16H18N4O4.Co/c1-8-36-28-18-30-26(16-22(28)14-15-34(36,4)5)32(23-12-10-11-13-24(23)33(38)39)27-17-25-21(3)20-35(6,7)37(9-2)29(25)19-31(27)40-30;2*1-3-19(4-2)11-5-7-13(16(22)10-11)17-18-14-9-12(20(23)24)6-8-15(14)21;/h10-20H,8-9H2,1-7H3;2*5-10,21-22H,3-4H2,1-2H3;/p+1. The van der Waals surface area contributed by atoms with Crippen LogP contribution in [0.15, 0.2) is 154 Å². The van der Waals surface area contributed by atoms with E-state index in [2.05, 4.69) is 131 Å². The van der Waals surface area contributed by atoms with E-state index in [1.807, 2.05) is 39.8 Å². The number of nitro benzene ring substituents is 2. The molecule has 0 saturated heterocycles. The number of azo groups is 2. The number of phenolic OH excluding ortho intramolecular Hbond substituents is 4. The van der Waals surface area contributed by atoms with Crippen molar-refractivity contribution in [1.29, 1.82) is 0 Å². The molecule has 10 rings (SSSR count). The van der Waals surface area contributed by atoms with Crippen molar-refractivity contribution < 1.29 is 61.7 Å². The molecule has 0 amide bonds. The fourth-order valence-corrected chi connectivity index (χ4v) is 11.3. The van der Waals surface area contributed by atoms with Crippen molar-refractivity contribution in [1.82, 2.24) is 4.58 Å². The summed E-state index contributed by atoms with van der Waals surface area (Å²) >= 11 is 0. The van der Waals surface area contributed by atoms with Crippen LogP contribution in [0.5, 0.6) is 34.5 Å². The van der Waals surface area contributed by atoms with Gasteiger partial charge in [-0.05, 0) is 140 Å². The predicted molar refractivity (Wildman–Crippen MR) is 344 cm³/mol. The molecule has 0 aromatic heterocycles. The minimum Gasteiger partial charge on any atom is -0.506 e. The number of nitro groups is 2. The van der Waals surface area contributed by atoms with E-state index in [0.717, 1.165) is 113 Å². The number of aromatic carboxylic acids is 1. The first-order valence-electron chi connectivity index (χ1n) is 29.0. The Morgan fingerprint density at radius 2 is 1.13 bits per heavy atom. The van der Waals surface area contributed by atoms with Crippen LogP contribution in [-0.2, 0) is 16.8 Å². The molecule has 0 atom stereocenters. The van der Waals surface area contributed by atoms with Gasteiger partial charge < -0.3 is 45.0 Å². The van der Waals surface area contributed by atoms with Gasteiger partial charge >= 0.3 is 5.97 Å². The Morgan fingerprint density at radius 1 is 0.618 bits per heavy atom. The second kappa shape index (κ2) is 27.8. The zero-order valence-electron chi connectivity index (χ0n) is 51.5. The van der Waals surface area contributed by atoms with Crippen molar-refractivity contribution in [3.05, 3.63) is 192 Å². The van der Waals surface area contributed by atoms with Crippen LogP contribution < -0.4 is 34.6 Å². The van der Waals surface area contributed by atoms with Crippen LogP contribution >= 0.6 is 0 Å². The number of allylic oxidation sites excluding steroid dienone is 1. The fraction of sp³-hybridized carbons (Fsp3) is 0.284. The van der Waals surface area contributed by atoms with Gasteiger partial charge in [0.25, 0.3) is 11.4 Å². The average Bonchev–Trinajstić information content (AvgIpc) is 1.34. The Balaban J connectivity index is 0.000000200. The summed E-state index contributed by atoms with van der Waals surface area (Å²) in [5.41, 5.74) is 8.74. The SMILES string of the molecule is CCN(CC)c1ccc(N=Nc2cc([N+](=O)[O-])ccc2O)c(O)c1.CCN(CC)c1ccc(N=Nc2cc([N+](=O)[O-])ccc2O)c(O)c1.CCN1c2cc3c(cc2C(C)=CC1(C)C)C(c1ccccc1C(=O)O)=c1cc2c(cc1O3)=[N+](CC)C(C)(C)C=C2.[Co]. The normalized spacial score (nSPS) is 13.9. The van der Waals surface area contributed by atoms with Gasteiger partial charge in [-0.1, -0.05) is 24.3 Å². The van der Waals surface area contributed by atoms with E-state index in [1.165, 1.54) is 29.8 Å². The number of rotatable bonds is 16. The molecule has 1 radical (unpaired) electrons. The number of non-ortho nitro benzene ring substituents is 2. The summed E-state index contributed by atoms with van der Waals surface area (Å²) in [5, 5.41) is 88.6. The van der Waals surface area contributed by atoms with Gasteiger partial charge in [0.05, 0.1) is 27.0 Å². The Hall–Kier alpha value is -9.93. The molecule has 0 bridgehead atoms. The van der Waals surface area contributed by atoms with Gasteiger partial charge in [-0.2, -0.15) is 0 Å². The molecule has 3 aliphatic rings. The topological polar surface area (TPSA) is 276 Å². The van der Waals surface area contributed by atoms with Gasteiger partial charge in [-0.15, -0.1) is 20.5 Å². The molecule has 465 valence electrons. The van der Waals surface area contributed by atoms with Crippen molar-refractivity contribution in [2.75, 3.05) is 54.0 Å². The summed E-state index contributed by atoms with van der Waals surface area (Å²) in [5.74, 6) is -0.0360. The Morgan fingerprint density at radius 3 is 1.61 bits per heavy atom. The Labute approximate surface area is 526 Å². The molecule has 0 spiro atoms. The number of hydrogen-bond donors (Lipinski definition) is 5. The number of phenols is 4. The number of fused-ring (bicyclic) bond motifs is 4. The number of likely N-dealkylation sites (N-methyl/N-ethyl adjacent to an activating group) is 2. The van der Waals surface area contributed by atoms with Gasteiger partial charge in [0.2, 0.25) is 5.36 Å². The van der Waals surface area contributed by atoms with Crippen molar-refractivity contribution in [3.8, 4) is 34.5 Å². The maximum absolute atomic E-state index is 12.4. The van der Waals surface area contributed by atoms with Gasteiger partial charge in [0.1, 0.15) is 63.8 Å². The van der Waals surface area contributed by atoms with Crippen LogP contribution in [0.3, 0.4) is 0 Å². The number of ether oxygens (including phenoxy) is 1. The molecule has 22 heteroatoms. The zero-order chi connectivity index (χ0) is 63.9. The van der Waals surface area contributed by atoms with Crippen LogP contribution in [0.1, 0.15) is 109 Å². The molecule has 3 aliphatic heterocycles. The third-order valence-corrected chi connectivity index (χ3v) is 15.7. The first kappa shape index (κ1) is 66.6. The molecule has 0 saturated carbocycles. The van der Waals surface area contributed by atoms with E-state index in [9.17, 15) is 50.6 Å². The van der Waals surface area contributed by atoms with Crippen molar-refractivity contribution >= 4 is 74.4 Å². The average molecular weight is 1250 g/mol. The van der Waals surface area contributed by atoms with Crippen LogP contribution in [0.25, 0.3) is 17.2 Å². The number of carboxylic acids is 1. The largest absolute Gasteiger partial charge is 0.506 e. The summed E-state index contributed by atoms with van der Waals surface area (Å²) in [6, 6.07) is 32.8. The number of benzene rings is 7. The second-order valence-corrected chi connectivity index (χ2v) is 22.0. The van der Waals surface area contributed by atoms with Crippen LogP contribution in [0.2, 0.25) is 0 Å². The number of carbonyl (C=O) groups is 1. The van der Waals surface area contributed by atoms with Gasteiger partial charge in [-0.3, -0.25) is 20.2 Å². The molecule has 7 aromatic rings. The van der Waals surface area contributed by atoms with E-state index in [1.54, 1.807) is 48.5 Å².